The number of nitrogens with one attached hydrogen (secondary N) is 1. The Morgan fingerprint density at radius 3 is 2.84 bits per heavy atom. The van der Waals surface area contributed by atoms with E-state index in [1.54, 1.807) is 0 Å². The smallest absolute Gasteiger partial charge is 0.134 e. The van der Waals surface area contributed by atoms with E-state index in [1.807, 2.05) is 12.1 Å². The summed E-state index contributed by atoms with van der Waals surface area (Å²) in [7, 11) is 0. The number of para-hydroxylation sites is 1. The van der Waals surface area contributed by atoms with E-state index < -0.39 is 0 Å². The molecule has 0 atom stereocenters. The minimum atomic E-state index is 0.234. The minimum Gasteiger partial charge on any atom is -0.459 e. The average molecular weight is 259 g/mol. The van der Waals surface area contributed by atoms with Crippen LogP contribution in [-0.4, -0.2) is 12.1 Å². The minimum absolute atomic E-state index is 0.234. The summed E-state index contributed by atoms with van der Waals surface area (Å²) in [5, 5.41) is 4.69. The number of hydrogen-bond donors (Lipinski definition) is 1. The summed E-state index contributed by atoms with van der Waals surface area (Å²) in [5.41, 5.74) is 2.15. The van der Waals surface area contributed by atoms with Gasteiger partial charge in [0.15, 0.2) is 0 Å². The highest BCUT2D eigenvalue weighted by atomic mass is 16.5. The molecule has 0 spiro atoms. The Morgan fingerprint density at radius 1 is 1.32 bits per heavy atom. The van der Waals surface area contributed by atoms with Crippen LogP contribution in [-0.2, 0) is 17.9 Å². The van der Waals surface area contributed by atoms with Crippen molar-refractivity contribution >= 4 is 11.0 Å². The molecule has 0 radical (unpaired) electrons. The van der Waals surface area contributed by atoms with Gasteiger partial charge in [0, 0.05) is 17.0 Å². The Morgan fingerprint density at radius 2 is 2.11 bits per heavy atom. The molecule has 1 aromatic carbocycles. The summed E-state index contributed by atoms with van der Waals surface area (Å²) in [6.07, 6.45) is 2.81. The maximum Gasteiger partial charge on any atom is 0.134 e. The van der Waals surface area contributed by atoms with Crippen LogP contribution in [0.15, 0.2) is 28.7 Å². The van der Waals surface area contributed by atoms with E-state index in [4.69, 9.17) is 9.15 Å². The molecule has 1 aliphatic carbocycles. The van der Waals surface area contributed by atoms with E-state index in [2.05, 4.69) is 31.3 Å². The third-order valence-electron chi connectivity index (χ3n) is 3.47. The zero-order valence-electron chi connectivity index (χ0n) is 11.6. The van der Waals surface area contributed by atoms with Crippen molar-refractivity contribution in [2.75, 3.05) is 0 Å². The summed E-state index contributed by atoms with van der Waals surface area (Å²) in [4.78, 5) is 0. The SMILES string of the molecule is CC(C)OCc1c(CNC2CC2)oc2ccccc12. The lowest BCUT2D eigenvalue weighted by molar-refractivity contribution is 0.0653. The first-order valence-electron chi connectivity index (χ1n) is 7.08. The van der Waals surface area contributed by atoms with Gasteiger partial charge in [0.05, 0.1) is 19.3 Å². The van der Waals surface area contributed by atoms with Crippen LogP contribution in [0.5, 0.6) is 0 Å². The molecule has 2 aromatic rings. The van der Waals surface area contributed by atoms with Crippen molar-refractivity contribution in [2.24, 2.45) is 0 Å². The van der Waals surface area contributed by atoms with E-state index in [9.17, 15) is 0 Å². The van der Waals surface area contributed by atoms with Gasteiger partial charge in [-0.1, -0.05) is 18.2 Å². The summed E-state index contributed by atoms with van der Waals surface area (Å²) < 4.78 is 11.7. The lowest BCUT2D eigenvalue weighted by Gasteiger charge is -2.08. The predicted molar refractivity (Wildman–Crippen MR) is 76.0 cm³/mol. The van der Waals surface area contributed by atoms with Crippen molar-refractivity contribution in [2.45, 2.75) is 52.0 Å². The first-order valence-corrected chi connectivity index (χ1v) is 7.08. The first-order chi connectivity index (χ1) is 9.24. The van der Waals surface area contributed by atoms with E-state index in [0.717, 1.165) is 17.9 Å². The van der Waals surface area contributed by atoms with Crippen molar-refractivity contribution in [3.63, 3.8) is 0 Å². The van der Waals surface area contributed by atoms with Gasteiger partial charge in [0.25, 0.3) is 0 Å². The van der Waals surface area contributed by atoms with Crippen LogP contribution in [0.25, 0.3) is 11.0 Å². The summed E-state index contributed by atoms with van der Waals surface area (Å²) in [6, 6.07) is 8.88. The molecule has 1 N–H and O–H groups in total. The van der Waals surface area contributed by atoms with Gasteiger partial charge >= 0.3 is 0 Å². The lowest BCUT2D eigenvalue weighted by atomic mass is 10.1. The maximum atomic E-state index is 5.97. The third kappa shape index (κ3) is 2.99. The van der Waals surface area contributed by atoms with Crippen molar-refractivity contribution < 1.29 is 9.15 Å². The summed E-state index contributed by atoms with van der Waals surface area (Å²) in [5.74, 6) is 1.02. The van der Waals surface area contributed by atoms with E-state index in [-0.39, 0.29) is 6.10 Å². The molecule has 0 bridgehead atoms. The largest absolute Gasteiger partial charge is 0.459 e. The highest BCUT2D eigenvalue weighted by Crippen LogP contribution is 2.28. The van der Waals surface area contributed by atoms with Gasteiger partial charge in [0.2, 0.25) is 0 Å². The fourth-order valence-corrected chi connectivity index (χ4v) is 2.23. The molecule has 1 aliphatic rings. The second kappa shape index (κ2) is 5.35. The normalized spacial score (nSPS) is 15.5. The summed E-state index contributed by atoms with van der Waals surface area (Å²) in [6.45, 7) is 5.54. The molecule has 3 rings (SSSR count). The van der Waals surface area contributed by atoms with Crippen LogP contribution in [0.3, 0.4) is 0 Å². The number of fused-ring (bicyclic) bond motifs is 1. The predicted octanol–water partition coefficient (Wildman–Crippen LogP) is 3.61. The van der Waals surface area contributed by atoms with Gasteiger partial charge < -0.3 is 14.5 Å². The van der Waals surface area contributed by atoms with Crippen LogP contribution >= 0.6 is 0 Å². The lowest BCUT2D eigenvalue weighted by Crippen LogP contribution is -2.16. The van der Waals surface area contributed by atoms with E-state index in [1.165, 1.54) is 23.8 Å². The molecule has 1 aromatic heterocycles. The van der Waals surface area contributed by atoms with Gasteiger partial charge in [-0.2, -0.15) is 0 Å². The Balaban J connectivity index is 1.86. The first kappa shape index (κ1) is 12.7. The Labute approximate surface area is 113 Å². The van der Waals surface area contributed by atoms with Crippen LogP contribution in [0.4, 0.5) is 0 Å². The monoisotopic (exact) mass is 259 g/mol. The fraction of sp³-hybridized carbons (Fsp3) is 0.500. The second-order valence-electron chi connectivity index (χ2n) is 5.51. The number of benzene rings is 1. The Bertz CT molecular complexity index is 555. The fourth-order valence-electron chi connectivity index (χ4n) is 2.23. The van der Waals surface area contributed by atoms with Crippen molar-refractivity contribution in [3.05, 3.63) is 35.6 Å². The highest BCUT2D eigenvalue weighted by molar-refractivity contribution is 5.82. The molecular weight excluding hydrogens is 238 g/mol. The molecule has 3 heteroatoms. The Kier molecular flexibility index (Phi) is 3.58. The van der Waals surface area contributed by atoms with Crippen molar-refractivity contribution in [3.8, 4) is 0 Å². The topological polar surface area (TPSA) is 34.4 Å². The Hall–Kier alpha value is -1.32. The number of hydrogen-bond acceptors (Lipinski definition) is 3. The zero-order chi connectivity index (χ0) is 13.2. The molecule has 1 heterocycles. The third-order valence-corrected chi connectivity index (χ3v) is 3.47. The average Bonchev–Trinajstić information content (AvgIpc) is 3.15. The quantitative estimate of drug-likeness (QED) is 0.860. The van der Waals surface area contributed by atoms with Crippen LogP contribution in [0.1, 0.15) is 38.0 Å². The van der Waals surface area contributed by atoms with E-state index in [0.29, 0.717) is 12.6 Å². The van der Waals surface area contributed by atoms with Crippen LogP contribution in [0, 0.1) is 0 Å². The molecule has 0 amide bonds. The molecule has 102 valence electrons. The van der Waals surface area contributed by atoms with Gasteiger partial charge in [-0.3, -0.25) is 0 Å². The van der Waals surface area contributed by atoms with Gasteiger partial charge in [-0.05, 0) is 32.8 Å². The molecule has 1 saturated carbocycles. The maximum absolute atomic E-state index is 5.97. The van der Waals surface area contributed by atoms with Crippen LogP contribution in [0.2, 0.25) is 0 Å². The van der Waals surface area contributed by atoms with Crippen molar-refractivity contribution in [1.29, 1.82) is 0 Å². The number of furan rings is 1. The van der Waals surface area contributed by atoms with E-state index >= 15 is 0 Å². The number of rotatable bonds is 6. The van der Waals surface area contributed by atoms with Gasteiger partial charge in [-0.15, -0.1) is 0 Å². The van der Waals surface area contributed by atoms with Gasteiger partial charge in [-0.25, -0.2) is 0 Å². The molecule has 0 aliphatic heterocycles. The second-order valence-corrected chi connectivity index (χ2v) is 5.51. The highest BCUT2D eigenvalue weighted by Gasteiger charge is 2.22. The zero-order valence-corrected chi connectivity index (χ0v) is 11.6. The molecule has 0 unspecified atom stereocenters. The van der Waals surface area contributed by atoms with Crippen molar-refractivity contribution in [1.82, 2.24) is 5.32 Å². The standard InChI is InChI=1S/C16H21NO2/c1-11(2)18-10-14-13-5-3-4-6-15(13)19-16(14)9-17-12-7-8-12/h3-6,11-12,17H,7-10H2,1-2H3. The van der Waals surface area contributed by atoms with Gasteiger partial charge in [0.1, 0.15) is 11.3 Å². The molecule has 3 nitrogen and oxygen atoms in total. The molecule has 1 fully saturated rings. The van der Waals surface area contributed by atoms with Crippen LogP contribution < -0.4 is 5.32 Å². The molecule has 0 saturated heterocycles. The number of ether oxygens (including phenoxy) is 1. The molecular formula is C16H21NO2. The summed E-state index contributed by atoms with van der Waals surface area (Å²) >= 11 is 0. The molecule has 19 heavy (non-hydrogen) atoms.